The van der Waals surface area contributed by atoms with Crippen LogP contribution in [0.3, 0.4) is 0 Å². The molecule has 0 aliphatic carbocycles. The first-order valence-electron chi connectivity index (χ1n) is 10.1. The summed E-state index contributed by atoms with van der Waals surface area (Å²) >= 11 is 0. The van der Waals surface area contributed by atoms with Gasteiger partial charge in [-0.2, -0.15) is 0 Å². The van der Waals surface area contributed by atoms with Gasteiger partial charge in [0.25, 0.3) is 5.91 Å². The number of ether oxygens (including phenoxy) is 1. The van der Waals surface area contributed by atoms with Crippen molar-refractivity contribution in [3.63, 3.8) is 0 Å². The molecule has 150 valence electrons. The van der Waals surface area contributed by atoms with Crippen molar-refractivity contribution < 1.29 is 13.9 Å². The quantitative estimate of drug-likeness (QED) is 0.629. The van der Waals surface area contributed by atoms with E-state index in [0.29, 0.717) is 29.7 Å². The summed E-state index contributed by atoms with van der Waals surface area (Å²) in [4.78, 5) is 28.5. The molecule has 29 heavy (non-hydrogen) atoms. The van der Waals surface area contributed by atoms with E-state index in [1.807, 2.05) is 64.1 Å². The molecule has 2 heterocycles. The molecule has 0 N–H and O–H groups in total. The topological polar surface area (TPSA) is 59.8 Å². The van der Waals surface area contributed by atoms with E-state index in [9.17, 15) is 9.59 Å². The van der Waals surface area contributed by atoms with Gasteiger partial charge < -0.3 is 14.1 Å². The predicted octanol–water partition coefficient (Wildman–Crippen LogP) is 4.76. The minimum atomic E-state index is -0.473. The number of benzene rings is 2. The SMILES string of the molecule is CCCN1C(=O)c2oc3cc(C)cc(C)c3c(=O)c2C1c1cccc(OCC)c1. The van der Waals surface area contributed by atoms with Gasteiger partial charge >= 0.3 is 0 Å². The first-order chi connectivity index (χ1) is 14.0. The molecule has 0 spiro atoms. The Balaban J connectivity index is 1.99. The first kappa shape index (κ1) is 19.2. The Bertz CT molecular complexity index is 1160. The highest BCUT2D eigenvalue weighted by Gasteiger charge is 2.42. The number of fused-ring (bicyclic) bond motifs is 2. The van der Waals surface area contributed by atoms with Crippen LogP contribution in [0.4, 0.5) is 0 Å². The highest BCUT2D eigenvalue weighted by atomic mass is 16.5. The maximum atomic E-state index is 13.6. The van der Waals surface area contributed by atoms with E-state index >= 15 is 0 Å². The highest BCUT2D eigenvalue weighted by molar-refractivity contribution is 5.99. The van der Waals surface area contributed by atoms with Crippen molar-refractivity contribution in [2.24, 2.45) is 0 Å². The van der Waals surface area contributed by atoms with Crippen LogP contribution in [0.2, 0.25) is 0 Å². The van der Waals surface area contributed by atoms with E-state index < -0.39 is 6.04 Å². The number of nitrogens with zero attached hydrogens (tertiary/aromatic N) is 1. The molecule has 1 aliphatic heterocycles. The van der Waals surface area contributed by atoms with Crippen molar-refractivity contribution in [3.8, 4) is 5.75 Å². The Hall–Kier alpha value is -3.08. The number of amides is 1. The third kappa shape index (κ3) is 3.11. The van der Waals surface area contributed by atoms with Crippen molar-refractivity contribution in [2.45, 2.75) is 40.2 Å². The molecule has 0 fully saturated rings. The summed E-state index contributed by atoms with van der Waals surface area (Å²) in [5.41, 5.74) is 3.48. The van der Waals surface area contributed by atoms with Crippen LogP contribution in [0.5, 0.6) is 5.75 Å². The smallest absolute Gasteiger partial charge is 0.290 e. The summed E-state index contributed by atoms with van der Waals surface area (Å²) in [5.74, 6) is 0.652. The van der Waals surface area contributed by atoms with Gasteiger partial charge in [0.2, 0.25) is 5.76 Å². The maximum Gasteiger partial charge on any atom is 0.290 e. The molecule has 1 aromatic heterocycles. The highest BCUT2D eigenvalue weighted by Crippen LogP contribution is 2.39. The molecule has 5 nitrogen and oxygen atoms in total. The van der Waals surface area contributed by atoms with Gasteiger partial charge in [0.1, 0.15) is 11.3 Å². The Morgan fingerprint density at radius 3 is 2.62 bits per heavy atom. The predicted molar refractivity (Wildman–Crippen MR) is 113 cm³/mol. The molecule has 4 rings (SSSR count). The molecule has 1 unspecified atom stereocenters. The summed E-state index contributed by atoms with van der Waals surface area (Å²) in [6.07, 6.45) is 0.785. The lowest BCUT2D eigenvalue weighted by molar-refractivity contribution is 0.0728. The second-order valence-electron chi connectivity index (χ2n) is 7.54. The van der Waals surface area contributed by atoms with Crippen LogP contribution in [0.1, 0.15) is 59.1 Å². The Kier molecular flexibility index (Phi) is 4.91. The van der Waals surface area contributed by atoms with E-state index in [1.54, 1.807) is 4.90 Å². The van der Waals surface area contributed by atoms with Gasteiger partial charge in [-0.25, -0.2) is 0 Å². The molecule has 2 aromatic carbocycles. The average molecular weight is 391 g/mol. The summed E-state index contributed by atoms with van der Waals surface area (Å²) in [5, 5.41) is 0.548. The standard InChI is InChI=1S/C24H25NO4/c1-5-10-25-21(16-8-7-9-17(13-16)28-6-2)20-22(26)19-15(4)11-14(3)12-18(19)29-23(20)24(25)27/h7-9,11-13,21H,5-6,10H2,1-4H3. The maximum absolute atomic E-state index is 13.6. The van der Waals surface area contributed by atoms with Crippen LogP contribution in [0.25, 0.3) is 11.0 Å². The van der Waals surface area contributed by atoms with E-state index in [2.05, 4.69) is 0 Å². The molecule has 1 atom stereocenters. The van der Waals surface area contributed by atoms with E-state index in [-0.39, 0.29) is 17.1 Å². The van der Waals surface area contributed by atoms with Crippen LogP contribution in [-0.4, -0.2) is 24.0 Å². The van der Waals surface area contributed by atoms with Crippen LogP contribution in [0, 0.1) is 13.8 Å². The Labute approximate surface area is 169 Å². The summed E-state index contributed by atoms with van der Waals surface area (Å²) in [6.45, 7) is 8.89. The van der Waals surface area contributed by atoms with Crippen molar-refractivity contribution >= 4 is 16.9 Å². The van der Waals surface area contributed by atoms with Crippen molar-refractivity contribution in [1.29, 1.82) is 0 Å². The molecule has 1 aliphatic rings. The number of hydrogen-bond acceptors (Lipinski definition) is 4. The fourth-order valence-electron chi connectivity index (χ4n) is 4.27. The minimum Gasteiger partial charge on any atom is -0.494 e. The number of aryl methyl sites for hydroxylation is 2. The lowest BCUT2D eigenvalue weighted by Gasteiger charge is -2.25. The minimum absolute atomic E-state index is 0.127. The molecule has 0 saturated carbocycles. The first-order valence-corrected chi connectivity index (χ1v) is 10.1. The van der Waals surface area contributed by atoms with E-state index in [4.69, 9.17) is 9.15 Å². The molecule has 3 aromatic rings. The van der Waals surface area contributed by atoms with Gasteiger partial charge in [0.15, 0.2) is 5.43 Å². The number of carbonyl (C=O) groups excluding carboxylic acids is 1. The summed E-state index contributed by atoms with van der Waals surface area (Å²) < 4.78 is 11.7. The fourth-order valence-corrected chi connectivity index (χ4v) is 4.27. The summed E-state index contributed by atoms with van der Waals surface area (Å²) in [7, 11) is 0. The van der Waals surface area contributed by atoms with Crippen molar-refractivity contribution in [1.82, 2.24) is 4.90 Å². The molecular formula is C24H25NO4. The molecule has 0 saturated heterocycles. The number of rotatable bonds is 5. The fraction of sp³-hybridized carbons (Fsp3) is 0.333. The van der Waals surface area contributed by atoms with Crippen LogP contribution in [0.15, 0.2) is 45.6 Å². The molecule has 0 bridgehead atoms. The lowest BCUT2D eigenvalue weighted by atomic mass is 9.96. The molecule has 0 radical (unpaired) electrons. The van der Waals surface area contributed by atoms with Crippen LogP contribution >= 0.6 is 0 Å². The van der Waals surface area contributed by atoms with Gasteiger partial charge in [0.05, 0.1) is 23.6 Å². The lowest BCUT2D eigenvalue weighted by Crippen LogP contribution is -2.30. The zero-order valence-corrected chi connectivity index (χ0v) is 17.2. The van der Waals surface area contributed by atoms with Crippen molar-refractivity contribution in [2.75, 3.05) is 13.2 Å². The third-order valence-corrected chi connectivity index (χ3v) is 5.36. The number of hydrogen-bond donors (Lipinski definition) is 0. The van der Waals surface area contributed by atoms with E-state index in [1.165, 1.54) is 0 Å². The monoisotopic (exact) mass is 391 g/mol. The van der Waals surface area contributed by atoms with Crippen LogP contribution in [-0.2, 0) is 0 Å². The molecule has 5 heteroatoms. The van der Waals surface area contributed by atoms with Crippen molar-refractivity contribution in [3.05, 3.63) is 74.6 Å². The average Bonchev–Trinajstić information content (AvgIpc) is 2.95. The van der Waals surface area contributed by atoms with Gasteiger partial charge in [-0.05, 0) is 62.1 Å². The van der Waals surface area contributed by atoms with Gasteiger partial charge in [-0.1, -0.05) is 25.1 Å². The third-order valence-electron chi connectivity index (χ3n) is 5.36. The number of carbonyl (C=O) groups is 1. The van der Waals surface area contributed by atoms with Gasteiger partial charge in [-0.3, -0.25) is 9.59 Å². The largest absolute Gasteiger partial charge is 0.494 e. The van der Waals surface area contributed by atoms with Gasteiger partial charge in [0, 0.05) is 6.54 Å². The molecule has 1 amide bonds. The summed E-state index contributed by atoms with van der Waals surface area (Å²) in [6, 6.07) is 10.9. The van der Waals surface area contributed by atoms with Gasteiger partial charge in [-0.15, -0.1) is 0 Å². The second-order valence-corrected chi connectivity index (χ2v) is 7.54. The van der Waals surface area contributed by atoms with E-state index in [0.717, 1.165) is 28.9 Å². The zero-order valence-electron chi connectivity index (χ0n) is 17.2. The molecular weight excluding hydrogens is 366 g/mol. The van der Waals surface area contributed by atoms with Crippen LogP contribution < -0.4 is 10.2 Å². The Morgan fingerprint density at radius 2 is 1.90 bits per heavy atom. The zero-order chi connectivity index (χ0) is 20.7. The normalized spacial score (nSPS) is 15.8. The second kappa shape index (κ2) is 7.39. The Morgan fingerprint density at radius 1 is 1.10 bits per heavy atom.